The normalized spacial score (nSPS) is 10.7. The first kappa shape index (κ1) is 19.1. The minimum Gasteiger partial charge on any atom is -0.336 e. The van der Waals surface area contributed by atoms with Crippen LogP contribution in [0.15, 0.2) is 59.4 Å². The smallest absolute Gasteiger partial charge is 0.278 e. The maximum atomic E-state index is 12.8. The topological polar surface area (TPSA) is 55.2 Å². The Morgan fingerprint density at radius 2 is 1.81 bits per heavy atom. The molecule has 0 spiro atoms. The van der Waals surface area contributed by atoms with Crippen molar-refractivity contribution < 1.29 is 4.79 Å². The SMILES string of the molecule is Cc1cc(=O)c(C(=O)N(C)Cc2cccc(Cl)c2Cl)nn1-c1ccccc1. The fourth-order valence-corrected chi connectivity index (χ4v) is 3.08. The van der Waals surface area contributed by atoms with Gasteiger partial charge >= 0.3 is 0 Å². The maximum Gasteiger partial charge on any atom is 0.278 e. The van der Waals surface area contributed by atoms with E-state index in [4.69, 9.17) is 23.2 Å². The number of aryl methyl sites for hydroxylation is 1. The van der Waals surface area contributed by atoms with Crippen LogP contribution in [0.3, 0.4) is 0 Å². The number of carbonyl (C=O) groups excluding carboxylic acids is 1. The van der Waals surface area contributed by atoms with Gasteiger partial charge in [-0.1, -0.05) is 53.5 Å². The molecule has 0 unspecified atom stereocenters. The molecule has 0 radical (unpaired) electrons. The van der Waals surface area contributed by atoms with Crippen molar-refractivity contribution >= 4 is 29.1 Å². The number of halogens is 2. The van der Waals surface area contributed by atoms with E-state index in [1.165, 1.54) is 11.0 Å². The third-order valence-electron chi connectivity index (χ3n) is 4.10. The van der Waals surface area contributed by atoms with Crippen LogP contribution in [0, 0.1) is 6.92 Å². The first-order valence-electron chi connectivity index (χ1n) is 8.23. The van der Waals surface area contributed by atoms with E-state index < -0.39 is 11.3 Å². The quantitative estimate of drug-likeness (QED) is 0.660. The van der Waals surface area contributed by atoms with Gasteiger partial charge in [0.05, 0.1) is 15.7 Å². The Kier molecular flexibility index (Phi) is 5.63. The molecule has 3 aromatic rings. The van der Waals surface area contributed by atoms with Gasteiger partial charge in [-0.25, -0.2) is 4.68 Å². The molecule has 2 aromatic carbocycles. The van der Waals surface area contributed by atoms with Gasteiger partial charge in [-0.3, -0.25) is 9.59 Å². The van der Waals surface area contributed by atoms with Gasteiger partial charge in [-0.15, -0.1) is 0 Å². The molecule has 0 aliphatic carbocycles. The van der Waals surface area contributed by atoms with Gasteiger partial charge in [0, 0.05) is 25.4 Å². The van der Waals surface area contributed by atoms with E-state index in [0.717, 1.165) is 5.69 Å². The Morgan fingerprint density at radius 1 is 1.11 bits per heavy atom. The summed E-state index contributed by atoms with van der Waals surface area (Å²) in [5.41, 5.74) is 1.53. The molecule has 138 valence electrons. The van der Waals surface area contributed by atoms with Gasteiger partial charge in [-0.05, 0) is 30.7 Å². The van der Waals surface area contributed by atoms with Gasteiger partial charge in [0.25, 0.3) is 5.91 Å². The molecule has 27 heavy (non-hydrogen) atoms. The highest BCUT2D eigenvalue weighted by molar-refractivity contribution is 6.42. The molecule has 5 nitrogen and oxygen atoms in total. The van der Waals surface area contributed by atoms with Crippen molar-refractivity contribution in [3.05, 3.63) is 91.8 Å². The minimum absolute atomic E-state index is 0.148. The molecule has 1 aromatic heterocycles. The van der Waals surface area contributed by atoms with Crippen LogP contribution >= 0.6 is 23.2 Å². The first-order chi connectivity index (χ1) is 12.9. The largest absolute Gasteiger partial charge is 0.336 e. The minimum atomic E-state index is -0.485. The molecule has 7 heteroatoms. The van der Waals surface area contributed by atoms with Gasteiger partial charge in [0.2, 0.25) is 5.43 Å². The zero-order valence-electron chi connectivity index (χ0n) is 14.8. The van der Waals surface area contributed by atoms with Gasteiger partial charge in [0.15, 0.2) is 5.69 Å². The standard InChI is InChI=1S/C20H17Cl2N3O2/c1-13-11-17(26)19(23-25(13)15-8-4-3-5-9-15)20(27)24(2)12-14-7-6-10-16(21)18(14)22/h3-11H,12H2,1-2H3. The van der Waals surface area contributed by atoms with Crippen LogP contribution in [0.25, 0.3) is 5.69 Å². The summed E-state index contributed by atoms with van der Waals surface area (Å²) in [5, 5.41) is 5.10. The lowest BCUT2D eigenvalue weighted by molar-refractivity contribution is 0.0776. The van der Waals surface area contributed by atoms with Crippen molar-refractivity contribution in [2.45, 2.75) is 13.5 Å². The van der Waals surface area contributed by atoms with Crippen molar-refractivity contribution in [2.24, 2.45) is 0 Å². The molecule has 0 saturated carbocycles. The molecule has 0 fully saturated rings. The second-order valence-electron chi connectivity index (χ2n) is 6.12. The Bertz CT molecular complexity index is 1050. The summed E-state index contributed by atoms with van der Waals surface area (Å²) in [5.74, 6) is -0.485. The summed E-state index contributed by atoms with van der Waals surface area (Å²) < 4.78 is 1.58. The molecular formula is C20H17Cl2N3O2. The van der Waals surface area contributed by atoms with Crippen LogP contribution in [-0.4, -0.2) is 27.6 Å². The van der Waals surface area contributed by atoms with E-state index in [9.17, 15) is 9.59 Å². The molecule has 0 aliphatic rings. The number of rotatable bonds is 4. The number of hydrogen-bond acceptors (Lipinski definition) is 3. The summed E-state index contributed by atoms with van der Waals surface area (Å²) in [6, 6.07) is 15.9. The molecule has 0 atom stereocenters. The van der Waals surface area contributed by atoms with Crippen molar-refractivity contribution in [2.75, 3.05) is 7.05 Å². The highest BCUT2D eigenvalue weighted by atomic mass is 35.5. The van der Waals surface area contributed by atoms with Crippen molar-refractivity contribution in [3.8, 4) is 5.69 Å². The predicted molar refractivity (Wildman–Crippen MR) is 107 cm³/mol. The van der Waals surface area contributed by atoms with E-state index in [0.29, 0.717) is 21.3 Å². The summed E-state index contributed by atoms with van der Waals surface area (Å²) in [4.78, 5) is 26.6. The molecule has 0 bridgehead atoms. The highest BCUT2D eigenvalue weighted by Crippen LogP contribution is 2.26. The Labute approximate surface area is 166 Å². The van der Waals surface area contributed by atoms with E-state index >= 15 is 0 Å². The lowest BCUT2D eigenvalue weighted by Crippen LogP contribution is -2.33. The van der Waals surface area contributed by atoms with E-state index in [1.54, 1.807) is 36.9 Å². The Hall–Kier alpha value is -2.63. The van der Waals surface area contributed by atoms with Crippen molar-refractivity contribution in [3.63, 3.8) is 0 Å². The number of benzene rings is 2. The van der Waals surface area contributed by atoms with Crippen LogP contribution in [0.4, 0.5) is 0 Å². The number of amides is 1. The maximum absolute atomic E-state index is 12.8. The van der Waals surface area contributed by atoms with Crippen molar-refractivity contribution in [1.82, 2.24) is 14.7 Å². The summed E-state index contributed by atoms with van der Waals surface area (Å²) >= 11 is 12.2. The number of para-hydroxylation sites is 1. The summed E-state index contributed by atoms with van der Waals surface area (Å²) in [7, 11) is 1.59. The van der Waals surface area contributed by atoms with Crippen LogP contribution in [0.1, 0.15) is 21.7 Å². The number of hydrogen-bond donors (Lipinski definition) is 0. The zero-order chi connectivity index (χ0) is 19.6. The van der Waals surface area contributed by atoms with Crippen LogP contribution in [0.2, 0.25) is 10.0 Å². The Balaban J connectivity index is 1.94. The van der Waals surface area contributed by atoms with Gasteiger partial charge in [-0.2, -0.15) is 5.10 Å². The van der Waals surface area contributed by atoms with Crippen LogP contribution in [0.5, 0.6) is 0 Å². The third-order valence-corrected chi connectivity index (χ3v) is 4.95. The fraction of sp³-hybridized carbons (Fsp3) is 0.150. The molecule has 3 rings (SSSR count). The Morgan fingerprint density at radius 3 is 2.52 bits per heavy atom. The molecule has 0 aliphatic heterocycles. The average molecular weight is 402 g/mol. The lowest BCUT2D eigenvalue weighted by Gasteiger charge is -2.18. The molecular weight excluding hydrogens is 385 g/mol. The molecule has 0 saturated heterocycles. The van der Waals surface area contributed by atoms with Crippen molar-refractivity contribution in [1.29, 1.82) is 0 Å². The third kappa shape index (κ3) is 4.04. The number of nitrogens with zero attached hydrogens (tertiary/aromatic N) is 3. The number of carbonyl (C=O) groups is 1. The van der Waals surface area contributed by atoms with E-state index in [2.05, 4.69) is 5.10 Å². The molecule has 1 amide bonds. The van der Waals surface area contributed by atoms with E-state index in [1.807, 2.05) is 30.3 Å². The first-order valence-corrected chi connectivity index (χ1v) is 8.99. The summed E-state index contributed by atoms with van der Waals surface area (Å²) in [6.07, 6.45) is 0. The second-order valence-corrected chi connectivity index (χ2v) is 6.91. The average Bonchev–Trinajstić information content (AvgIpc) is 2.65. The predicted octanol–water partition coefficient (Wildman–Crippen LogP) is 4.12. The number of aromatic nitrogens is 2. The summed E-state index contributed by atoms with van der Waals surface area (Å²) in [6.45, 7) is 1.98. The zero-order valence-corrected chi connectivity index (χ0v) is 16.3. The fourth-order valence-electron chi connectivity index (χ4n) is 2.70. The van der Waals surface area contributed by atoms with Crippen LogP contribution in [-0.2, 0) is 6.54 Å². The van der Waals surface area contributed by atoms with Gasteiger partial charge in [0.1, 0.15) is 0 Å². The molecule has 1 heterocycles. The lowest BCUT2D eigenvalue weighted by atomic mass is 10.2. The highest BCUT2D eigenvalue weighted by Gasteiger charge is 2.20. The monoisotopic (exact) mass is 401 g/mol. The van der Waals surface area contributed by atoms with Gasteiger partial charge < -0.3 is 4.90 Å². The molecule has 0 N–H and O–H groups in total. The second kappa shape index (κ2) is 7.94. The van der Waals surface area contributed by atoms with E-state index in [-0.39, 0.29) is 12.2 Å². The van der Waals surface area contributed by atoms with Crippen LogP contribution < -0.4 is 5.43 Å².